The second-order valence-electron chi connectivity index (χ2n) is 3.44. The predicted molar refractivity (Wildman–Crippen MR) is 61.8 cm³/mol. The van der Waals surface area contributed by atoms with Crippen molar-refractivity contribution in [1.82, 2.24) is 9.55 Å². The predicted octanol–water partition coefficient (Wildman–Crippen LogP) is 1.83. The molecule has 0 radical (unpaired) electrons. The van der Waals surface area contributed by atoms with Gasteiger partial charge in [-0.2, -0.15) is 0 Å². The zero-order valence-corrected chi connectivity index (χ0v) is 9.49. The van der Waals surface area contributed by atoms with E-state index in [1.54, 1.807) is 12.3 Å². The number of halogens is 2. The summed E-state index contributed by atoms with van der Waals surface area (Å²) < 4.78 is 15.1. The number of imidazole rings is 1. The number of hydrogen-bond acceptors (Lipinski definition) is 2. The van der Waals surface area contributed by atoms with Gasteiger partial charge in [-0.05, 0) is 12.1 Å². The first-order valence-corrected chi connectivity index (χ1v) is 5.21. The van der Waals surface area contributed by atoms with E-state index in [9.17, 15) is 9.18 Å². The number of nitrogens with zero attached hydrogens (tertiary/aromatic N) is 2. The highest BCUT2D eigenvalue weighted by atomic mass is 35.5. The summed E-state index contributed by atoms with van der Waals surface area (Å²) in [6.45, 7) is -0.0694. The molecule has 0 saturated heterocycles. The molecule has 0 bridgehead atoms. The van der Waals surface area contributed by atoms with Crippen LogP contribution < -0.4 is 5.73 Å². The molecule has 88 valence electrons. The SMILES string of the molecule is NC(=O)Cn1ccnc1-c1c(F)cccc1Cl. The summed E-state index contributed by atoms with van der Waals surface area (Å²) in [6.07, 6.45) is 3.00. The van der Waals surface area contributed by atoms with E-state index < -0.39 is 11.7 Å². The van der Waals surface area contributed by atoms with Crippen LogP contribution in [0.2, 0.25) is 5.02 Å². The van der Waals surface area contributed by atoms with E-state index in [0.717, 1.165) is 0 Å². The van der Waals surface area contributed by atoms with Crippen LogP contribution in [0.25, 0.3) is 11.4 Å². The summed E-state index contributed by atoms with van der Waals surface area (Å²) in [4.78, 5) is 14.9. The summed E-state index contributed by atoms with van der Waals surface area (Å²) in [7, 11) is 0. The molecule has 1 amide bonds. The molecular weight excluding hydrogens is 245 g/mol. The van der Waals surface area contributed by atoms with Gasteiger partial charge in [-0.3, -0.25) is 4.79 Å². The monoisotopic (exact) mass is 253 g/mol. The van der Waals surface area contributed by atoms with E-state index in [1.165, 1.54) is 22.9 Å². The van der Waals surface area contributed by atoms with Gasteiger partial charge in [0.2, 0.25) is 5.91 Å². The average molecular weight is 254 g/mol. The molecule has 2 rings (SSSR count). The van der Waals surface area contributed by atoms with Crippen LogP contribution >= 0.6 is 11.6 Å². The number of nitrogens with two attached hydrogens (primary N) is 1. The van der Waals surface area contributed by atoms with Crippen LogP contribution in [0.5, 0.6) is 0 Å². The molecule has 0 fully saturated rings. The van der Waals surface area contributed by atoms with Crippen molar-refractivity contribution >= 4 is 17.5 Å². The van der Waals surface area contributed by atoms with E-state index in [1.807, 2.05) is 0 Å². The van der Waals surface area contributed by atoms with E-state index in [-0.39, 0.29) is 23.0 Å². The van der Waals surface area contributed by atoms with E-state index >= 15 is 0 Å². The van der Waals surface area contributed by atoms with Gasteiger partial charge in [-0.25, -0.2) is 9.37 Å². The van der Waals surface area contributed by atoms with Gasteiger partial charge < -0.3 is 10.3 Å². The Morgan fingerprint density at radius 2 is 2.29 bits per heavy atom. The van der Waals surface area contributed by atoms with Crippen molar-refractivity contribution in [2.24, 2.45) is 5.73 Å². The van der Waals surface area contributed by atoms with E-state index in [4.69, 9.17) is 17.3 Å². The van der Waals surface area contributed by atoms with Crippen LogP contribution in [-0.2, 0) is 11.3 Å². The summed E-state index contributed by atoms with van der Waals surface area (Å²) in [5, 5.41) is 0.238. The Hall–Kier alpha value is -1.88. The lowest BCUT2D eigenvalue weighted by Crippen LogP contribution is -2.18. The minimum atomic E-state index is -0.531. The fourth-order valence-electron chi connectivity index (χ4n) is 1.54. The van der Waals surface area contributed by atoms with Gasteiger partial charge in [0.25, 0.3) is 0 Å². The molecule has 1 heterocycles. The van der Waals surface area contributed by atoms with Crippen molar-refractivity contribution in [2.45, 2.75) is 6.54 Å². The van der Waals surface area contributed by atoms with Gasteiger partial charge in [0.15, 0.2) is 0 Å². The standard InChI is InChI=1S/C11H9ClFN3O/c12-7-2-1-3-8(13)10(7)11-15-4-5-16(11)6-9(14)17/h1-5H,6H2,(H2,14,17). The smallest absolute Gasteiger partial charge is 0.237 e. The molecule has 0 aliphatic rings. The molecule has 0 saturated carbocycles. The van der Waals surface area contributed by atoms with Gasteiger partial charge in [0.05, 0.1) is 10.6 Å². The Morgan fingerprint density at radius 1 is 1.53 bits per heavy atom. The minimum Gasteiger partial charge on any atom is -0.368 e. The number of benzene rings is 1. The van der Waals surface area contributed by atoms with Gasteiger partial charge in [-0.1, -0.05) is 17.7 Å². The van der Waals surface area contributed by atoms with Gasteiger partial charge in [-0.15, -0.1) is 0 Å². The molecule has 6 heteroatoms. The molecule has 0 aliphatic heterocycles. The van der Waals surface area contributed by atoms with Crippen molar-refractivity contribution in [1.29, 1.82) is 0 Å². The molecule has 1 aromatic heterocycles. The summed E-state index contributed by atoms with van der Waals surface area (Å²) in [6, 6.07) is 4.34. The lowest BCUT2D eigenvalue weighted by molar-refractivity contribution is -0.118. The number of carbonyl (C=O) groups excluding carboxylic acids is 1. The van der Waals surface area contributed by atoms with Crippen molar-refractivity contribution in [2.75, 3.05) is 0 Å². The first kappa shape index (κ1) is 11.6. The molecule has 0 atom stereocenters. The Morgan fingerprint density at radius 3 is 2.94 bits per heavy atom. The maximum absolute atomic E-state index is 13.7. The van der Waals surface area contributed by atoms with Crippen molar-refractivity contribution < 1.29 is 9.18 Å². The fourth-order valence-corrected chi connectivity index (χ4v) is 1.79. The lowest BCUT2D eigenvalue weighted by atomic mass is 10.2. The molecule has 0 aliphatic carbocycles. The van der Waals surface area contributed by atoms with Crippen molar-refractivity contribution in [3.8, 4) is 11.4 Å². The second kappa shape index (κ2) is 4.55. The van der Waals surface area contributed by atoms with Gasteiger partial charge in [0, 0.05) is 12.4 Å². The van der Waals surface area contributed by atoms with Gasteiger partial charge in [0.1, 0.15) is 18.2 Å². The minimum absolute atomic E-state index is 0.0694. The van der Waals surface area contributed by atoms with Crippen LogP contribution in [0.4, 0.5) is 4.39 Å². The van der Waals surface area contributed by atoms with Crippen LogP contribution in [0.1, 0.15) is 0 Å². The largest absolute Gasteiger partial charge is 0.368 e. The number of primary amides is 1. The average Bonchev–Trinajstić information content (AvgIpc) is 2.65. The fraction of sp³-hybridized carbons (Fsp3) is 0.0909. The quantitative estimate of drug-likeness (QED) is 0.907. The zero-order valence-electron chi connectivity index (χ0n) is 8.73. The molecule has 2 aromatic rings. The number of rotatable bonds is 3. The highest BCUT2D eigenvalue weighted by molar-refractivity contribution is 6.33. The maximum Gasteiger partial charge on any atom is 0.237 e. The summed E-state index contributed by atoms with van der Waals surface area (Å²) in [5.41, 5.74) is 5.26. The van der Waals surface area contributed by atoms with Crippen molar-refractivity contribution in [3.05, 3.63) is 41.4 Å². The highest BCUT2D eigenvalue weighted by Crippen LogP contribution is 2.29. The summed E-state index contributed by atoms with van der Waals surface area (Å²) >= 11 is 5.92. The third-order valence-corrected chi connectivity index (χ3v) is 2.54. The number of hydrogen-bond donors (Lipinski definition) is 1. The Bertz CT molecular complexity index is 547. The molecular formula is C11H9ClFN3O. The normalized spacial score (nSPS) is 10.5. The molecule has 0 unspecified atom stereocenters. The topological polar surface area (TPSA) is 60.9 Å². The highest BCUT2D eigenvalue weighted by Gasteiger charge is 2.15. The first-order valence-electron chi connectivity index (χ1n) is 4.83. The third-order valence-electron chi connectivity index (χ3n) is 2.23. The molecule has 0 spiro atoms. The van der Waals surface area contributed by atoms with Gasteiger partial charge >= 0.3 is 0 Å². The summed E-state index contributed by atoms with van der Waals surface area (Å²) in [5.74, 6) is -0.738. The van der Waals surface area contributed by atoms with Crippen LogP contribution in [0.3, 0.4) is 0 Å². The first-order chi connectivity index (χ1) is 8.09. The Kier molecular flexibility index (Phi) is 3.10. The van der Waals surface area contributed by atoms with Crippen molar-refractivity contribution in [3.63, 3.8) is 0 Å². The Balaban J connectivity index is 2.53. The molecule has 2 N–H and O–H groups in total. The second-order valence-corrected chi connectivity index (χ2v) is 3.85. The number of aromatic nitrogens is 2. The van der Waals surface area contributed by atoms with E-state index in [0.29, 0.717) is 0 Å². The van der Waals surface area contributed by atoms with Crippen LogP contribution in [0.15, 0.2) is 30.6 Å². The van der Waals surface area contributed by atoms with Crippen LogP contribution in [0, 0.1) is 5.82 Å². The van der Waals surface area contributed by atoms with E-state index in [2.05, 4.69) is 4.98 Å². The lowest BCUT2D eigenvalue weighted by Gasteiger charge is -2.08. The zero-order chi connectivity index (χ0) is 12.4. The number of carbonyl (C=O) groups is 1. The molecule has 17 heavy (non-hydrogen) atoms. The Labute approximate surface area is 102 Å². The maximum atomic E-state index is 13.7. The molecule has 4 nitrogen and oxygen atoms in total. The molecule has 1 aromatic carbocycles. The number of amides is 1. The van der Waals surface area contributed by atoms with Crippen LogP contribution in [-0.4, -0.2) is 15.5 Å². The third kappa shape index (κ3) is 2.29.